The molecular weight excluding hydrogens is 416 g/mol. The first-order valence-electron chi connectivity index (χ1n) is 8.47. The van der Waals surface area contributed by atoms with E-state index in [1.807, 2.05) is 42.5 Å². The Morgan fingerprint density at radius 1 is 1.19 bits per heavy atom. The minimum atomic E-state index is -0.574. The number of benzene rings is 2. The summed E-state index contributed by atoms with van der Waals surface area (Å²) in [7, 11) is 0. The lowest BCUT2D eigenvalue weighted by Gasteiger charge is -2.28. The average molecular weight is 433 g/mol. The molecule has 0 fully saturated rings. The molecule has 0 N–H and O–H groups in total. The summed E-state index contributed by atoms with van der Waals surface area (Å²) >= 11 is 3.48. The summed E-state index contributed by atoms with van der Waals surface area (Å²) in [6.07, 6.45) is 0.768. The Kier molecular flexibility index (Phi) is 5.31. The van der Waals surface area contributed by atoms with E-state index in [0.29, 0.717) is 25.6 Å². The molecule has 2 aliphatic heterocycles. The van der Waals surface area contributed by atoms with Crippen LogP contribution in [-0.4, -0.2) is 19.2 Å². The van der Waals surface area contributed by atoms with E-state index >= 15 is 0 Å². The lowest BCUT2D eigenvalue weighted by atomic mass is 10.1. The van der Waals surface area contributed by atoms with Crippen molar-refractivity contribution >= 4 is 21.9 Å². The SMILES string of the molecule is O=C(OCc1cc(Br)cc2c1O[C@H](c1ccccc1)OC2)C1=COCCO1. The van der Waals surface area contributed by atoms with Crippen molar-refractivity contribution in [1.29, 1.82) is 0 Å². The van der Waals surface area contributed by atoms with Gasteiger partial charge in [-0.2, -0.15) is 0 Å². The Balaban J connectivity index is 1.53. The standard InChI is InChI=1S/C20H17BrO6/c21-16-8-14(10-25-19(22)17-12-23-6-7-24-17)18-15(9-16)11-26-20(27-18)13-4-2-1-3-5-13/h1-5,8-9,12,20H,6-7,10-11H2/t20-/m1/s1. The van der Waals surface area contributed by atoms with Crippen molar-refractivity contribution in [2.24, 2.45) is 0 Å². The summed E-state index contributed by atoms with van der Waals surface area (Å²) in [6, 6.07) is 13.5. The normalized spacial score (nSPS) is 18.3. The zero-order chi connectivity index (χ0) is 18.6. The van der Waals surface area contributed by atoms with Crippen LogP contribution in [0.4, 0.5) is 0 Å². The zero-order valence-electron chi connectivity index (χ0n) is 14.4. The molecule has 6 nitrogen and oxygen atoms in total. The van der Waals surface area contributed by atoms with Crippen LogP contribution in [0.15, 0.2) is 59.0 Å². The fourth-order valence-corrected chi connectivity index (χ4v) is 3.40. The smallest absolute Gasteiger partial charge is 0.377 e. The maximum atomic E-state index is 12.1. The summed E-state index contributed by atoms with van der Waals surface area (Å²) in [4.78, 5) is 12.1. The Labute approximate surface area is 164 Å². The number of hydrogen-bond donors (Lipinski definition) is 0. The van der Waals surface area contributed by atoms with Gasteiger partial charge in [-0.3, -0.25) is 0 Å². The van der Waals surface area contributed by atoms with Crippen molar-refractivity contribution in [2.45, 2.75) is 19.5 Å². The molecule has 0 aliphatic carbocycles. The lowest BCUT2D eigenvalue weighted by Crippen LogP contribution is -2.20. The Morgan fingerprint density at radius 3 is 2.81 bits per heavy atom. The predicted molar refractivity (Wildman–Crippen MR) is 98.5 cm³/mol. The van der Waals surface area contributed by atoms with Gasteiger partial charge in [0.05, 0.1) is 6.61 Å². The summed E-state index contributed by atoms with van der Waals surface area (Å²) < 4.78 is 28.5. The second-order valence-electron chi connectivity index (χ2n) is 6.00. The fraction of sp³-hybridized carbons (Fsp3) is 0.250. The molecule has 140 valence electrons. The maximum absolute atomic E-state index is 12.1. The van der Waals surface area contributed by atoms with Gasteiger partial charge in [0, 0.05) is 21.2 Å². The van der Waals surface area contributed by atoms with Gasteiger partial charge in [0.25, 0.3) is 0 Å². The summed E-state index contributed by atoms with van der Waals surface area (Å²) in [5.41, 5.74) is 2.56. The summed E-state index contributed by atoms with van der Waals surface area (Å²) in [5, 5.41) is 0. The third kappa shape index (κ3) is 4.09. The van der Waals surface area contributed by atoms with Crippen LogP contribution >= 0.6 is 15.9 Å². The maximum Gasteiger partial charge on any atom is 0.377 e. The van der Waals surface area contributed by atoms with Gasteiger partial charge in [0.2, 0.25) is 12.0 Å². The molecule has 2 aromatic carbocycles. The van der Waals surface area contributed by atoms with Gasteiger partial charge in [-0.15, -0.1) is 0 Å². The zero-order valence-corrected chi connectivity index (χ0v) is 15.9. The van der Waals surface area contributed by atoms with Crippen molar-refractivity contribution in [3.05, 3.63) is 75.6 Å². The number of esters is 1. The molecular formula is C20H17BrO6. The highest BCUT2D eigenvalue weighted by molar-refractivity contribution is 9.10. The summed E-state index contributed by atoms with van der Waals surface area (Å²) in [6.45, 7) is 1.19. The molecule has 0 radical (unpaired) electrons. The largest absolute Gasteiger partial charge is 0.493 e. The molecule has 0 bridgehead atoms. The second kappa shape index (κ2) is 8.02. The van der Waals surface area contributed by atoms with E-state index < -0.39 is 12.3 Å². The Morgan fingerprint density at radius 2 is 2.04 bits per heavy atom. The van der Waals surface area contributed by atoms with Gasteiger partial charge in [-0.05, 0) is 12.1 Å². The number of hydrogen-bond acceptors (Lipinski definition) is 6. The van der Waals surface area contributed by atoms with Crippen LogP contribution in [0.2, 0.25) is 0 Å². The van der Waals surface area contributed by atoms with E-state index in [1.165, 1.54) is 6.26 Å². The number of fused-ring (bicyclic) bond motifs is 1. The molecule has 2 heterocycles. The molecule has 0 spiro atoms. The molecule has 0 amide bonds. The second-order valence-corrected chi connectivity index (χ2v) is 6.92. The first-order chi connectivity index (χ1) is 13.2. The molecule has 27 heavy (non-hydrogen) atoms. The molecule has 0 saturated heterocycles. The number of carbonyl (C=O) groups excluding carboxylic acids is 1. The van der Waals surface area contributed by atoms with Gasteiger partial charge >= 0.3 is 5.97 Å². The average Bonchev–Trinajstić information content (AvgIpc) is 2.72. The molecule has 0 saturated carbocycles. The van der Waals surface area contributed by atoms with E-state index in [1.54, 1.807) is 0 Å². The molecule has 2 aromatic rings. The van der Waals surface area contributed by atoms with Crippen molar-refractivity contribution in [3.63, 3.8) is 0 Å². The van der Waals surface area contributed by atoms with E-state index in [2.05, 4.69) is 15.9 Å². The van der Waals surface area contributed by atoms with E-state index in [-0.39, 0.29) is 12.4 Å². The first-order valence-corrected chi connectivity index (χ1v) is 9.26. The molecule has 2 aliphatic rings. The minimum Gasteiger partial charge on any atom is -0.493 e. The number of carbonyl (C=O) groups is 1. The monoisotopic (exact) mass is 432 g/mol. The van der Waals surface area contributed by atoms with Gasteiger partial charge in [-0.1, -0.05) is 46.3 Å². The number of halogens is 1. The fourth-order valence-electron chi connectivity index (χ4n) is 2.85. The lowest BCUT2D eigenvalue weighted by molar-refractivity contribution is -0.146. The van der Waals surface area contributed by atoms with Gasteiger partial charge in [-0.25, -0.2) is 4.79 Å². The molecule has 0 aromatic heterocycles. The highest BCUT2D eigenvalue weighted by Gasteiger charge is 2.26. The van der Waals surface area contributed by atoms with Crippen molar-refractivity contribution in [1.82, 2.24) is 0 Å². The molecule has 7 heteroatoms. The van der Waals surface area contributed by atoms with E-state index in [4.69, 9.17) is 23.7 Å². The summed E-state index contributed by atoms with van der Waals surface area (Å²) in [5.74, 6) is 0.160. The Hall–Kier alpha value is -2.51. The van der Waals surface area contributed by atoms with Crippen LogP contribution in [0.5, 0.6) is 5.75 Å². The number of ether oxygens (including phenoxy) is 5. The Bertz CT molecular complexity index is 864. The van der Waals surface area contributed by atoms with Crippen LogP contribution in [-0.2, 0) is 37.0 Å². The van der Waals surface area contributed by atoms with Gasteiger partial charge in [0.1, 0.15) is 31.8 Å². The predicted octanol–water partition coefficient (Wildman–Crippen LogP) is 3.99. The number of rotatable bonds is 4. The van der Waals surface area contributed by atoms with Gasteiger partial charge < -0.3 is 23.7 Å². The highest BCUT2D eigenvalue weighted by Crippen LogP contribution is 2.38. The topological polar surface area (TPSA) is 63.2 Å². The quantitative estimate of drug-likeness (QED) is 0.680. The van der Waals surface area contributed by atoms with Crippen LogP contribution in [0.1, 0.15) is 23.0 Å². The van der Waals surface area contributed by atoms with Crippen molar-refractivity contribution < 1.29 is 28.5 Å². The molecule has 4 rings (SSSR count). The van der Waals surface area contributed by atoms with Crippen molar-refractivity contribution in [3.8, 4) is 5.75 Å². The van der Waals surface area contributed by atoms with Crippen LogP contribution in [0, 0.1) is 0 Å². The van der Waals surface area contributed by atoms with Gasteiger partial charge in [0.15, 0.2) is 0 Å². The van der Waals surface area contributed by atoms with Crippen LogP contribution < -0.4 is 4.74 Å². The van der Waals surface area contributed by atoms with Crippen molar-refractivity contribution in [2.75, 3.05) is 13.2 Å². The third-order valence-corrected chi connectivity index (χ3v) is 4.56. The first kappa shape index (κ1) is 17.9. The minimum absolute atomic E-state index is 0.0445. The highest BCUT2D eigenvalue weighted by atomic mass is 79.9. The van der Waals surface area contributed by atoms with E-state index in [0.717, 1.165) is 21.2 Å². The van der Waals surface area contributed by atoms with Crippen LogP contribution in [0.3, 0.4) is 0 Å². The van der Waals surface area contributed by atoms with E-state index in [9.17, 15) is 4.79 Å². The molecule has 1 atom stereocenters. The molecule has 0 unspecified atom stereocenters. The van der Waals surface area contributed by atoms with Crippen LogP contribution in [0.25, 0.3) is 0 Å². The third-order valence-electron chi connectivity index (χ3n) is 4.10.